The smallest absolute Gasteiger partial charge is 0.326 e. The molecule has 0 aromatic rings. The van der Waals surface area contributed by atoms with E-state index in [-0.39, 0.29) is 81.2 Å². The fourth-order valence-electron chi connectivity index (χ4n) is 6.40. The van der Waals surface area contributed by atoms with E-state index in [9.17, 15) is 38.7 Å². The summed E-state index contributed by atoms with van der Waals surface area (Å²) >= 11 is 0. The normalized spacial score (nSPS) is 11.5. The molecule has 0 aromatic carbocycles. The number of carbonyl (C=O) groups is 7. The molecule has 0 unspecified atom stereocenters. The number of hydrogen-bond acceptors (Lipinski definition) is 13. The van der Waals surface area contributed by atoms with Gasteiger partial charge in [0.25, 0.3) is 0 Å². The van der Waals surface area contributed by atoms with Crippen LogP contribution in [0.2, 0.25) is 0 Å². The zero-order valence-corrected chi connectivity index (χ0v) is 38.6. The van der Waals surface area contributed by atoms with Crippen LogP contribution in [-0.4, -0.2) is 137 Å². The molecule has 0 aliphatic heterocycles. The third-order valence-electron chi connectivity index (χ3n) is 10.1. The molecule has 4 amide bonds. The largest absolute Gasteiger partial charge is 0.481 e. The Labute approximate surface area is 381 Å². The number of unbranched alkanes of at least 4 members (excludes halogenated alkanes) is 14. The number of hydrogen-bond donors (Lipinski definition) is 7. The summed E-state index contributed by atoms with van der Waals surface area (Å²) in [6.07, 6.45) is 18.8. The van der Waals surface area contributed by atoms with Crippen molar-refractivity contribution in [3.8, 4) is 0 Å². The topological polar surface area (TPSA) is 280 Å². The quantitative estimate of drug-likeness (QED) is 0.0332. The minimum absolute atomic E-state index is 0.0110. The van der Waals surface area contributed by atoms with Crippen molar-refractivity contribution in [1.29, 1.82) is 0 Å². The van der Waals surface area contributed by atoms with Crippen molar-refractivity contribution < 1.29 is 67.6 Å². The first-order valence-corrected chi connectivity index (χ1v) is 23.7. The van der Waals surface area contributed by atoms with Gasteiger partial charge in [0.15, 0.2) is 0 Å². The van der Waals surface area contributed by atoms with Crippen LogP contribution in [0.3, 0.4) is 0 Å². The average molecular weight is 918 g/mol. The predicted molar refractivity (Wildman–Crippen MR) is 240 cm³/mol. The van der Waals surface area contributed by atoms with Gasteiger partial charge in [-0.1, -0.05) is 77.0 Å². The summed E-state index contributed by atoms with van der Waals surface area (Å²) in [5.41, 5.74) is 0. The Morgan fingerprint density at radius 1 is 0.391 bits per heavy atom. The summed E-state index contributed by atoms with van der Waals surface area (Å²) in [6.45, 7) is 3.64. The number of Topliss-reactive ketones (excluding diaryl/α,β-unsaturated/α-hetero) is 1. The van der Waals surface area contributed by atoms with E-state index in [0.717, 1.165) is 44.9 Å². The molecule has 0 fully saturated rings. The monoisotopic (exact) mass is 918 g/mol. The van der Waals surface area contributed by atoms with E-state index >= 15 is 0 Å². The third-order valence-corrected chi connectivity index (χ3v) is 10.1. The summed E-state index contributed by atoms with van der Waals surface area (Å²) in [5.74, 6) is 2.32. The van der Waals surface area contributed by atoms with Crippen molar-refractivity contribution in [3.05, 3.63) is 0 Å². The SMILES string of the molecule is NOCCCC(=O)CCC(=O)NCCOCCOCCC(=O)NCCOCCOCCC(=O)NCCCC[C@H](NC(=O)CCCCCCCCCCCCCCCCC(=O)O)C(=O)O. The fraction of sp³-hybridized carbons (Fsp3) is 0.844. The molecule has 64 heavy (non-hydrogen) atoms. The van der Waals surface area contributed by atoms with Gasteiger partial charge >= 0.3 is 11.9 Å². The number of carboxylic acids is 2. The van der Waals surface area contributed by atoms with Crippen molar-refractivity contribution in [2.75, 3.05) is 79.1 Å². The van der Waals surface area contributed by atoms with E-state index in [2.05, 4.69) is 26.1 Å². The standard InChI is InChI=1S/C45H83N5O14/c46-64-29-17-18-38(51)22-23-40(52)48-27-32-62-36-35-61-31-25-42(54)49-28-33-63-37-34-60-30-24-41(53)47-26-16-15-19-39(45(58)59)50-43(55)20-13-11-9-7-5-3-1-2-4-6-8-10-12-14-21-44(56)57/h39H,1-37,46H2,(H,47,53)(H,48,52)(H,49,54)(H,50,55)(H,56,57)(H,58,59)/t39-/m0/s1. The van der Waals surface area contributed by atoms with Crippen LogP contribution in [-0.2, 0) is 57.3 Å². The first-order valence-electron chi connectivity index (χ1n) is 23.7. The van der Waals surface area contributed by atoms with Gasteiger partial charge in [-0.2, -0.15) is 0 Å². The Morgan fingerprint density at radius 2 is 0.828 bits per heavy atom. The van der Waals surface area contributed by atoms with E-state index in [1.165, 1.54) is 44.9 Å². The van der Waals surface area contributed by atoms with Gasteiger partial charge in [0.1, 0.15) is 11.8 Å². The molecule has 1 atom stereocenters. The average Bonchev–Trinajstić information content (AvgIpc) is 3.26. The summed E-state index contributed by atoms with van der Waals surface area (Å²) in [6, 6.07) is -0.948. The lowest BCUT2D eigenvalue weighted by Gasteiger charge is -2.14. The van der Waals surface area contributed by atoms with E-state index in [0.29, 0.717) is 98.0 Å². The minimum Gasteiger partial charge on any atom is -0.481 e. The second-order valence-electron chi connectivity index (χ2n) is 15.8. The van der Waals surface area contributed by atoms with Crippen LogP contribution in [0.15, 0.2) is 0 Å². The summed E-state index contributed by atoms with van der Waals surface area (Å²) in [7, 11) is 0. The zero-order valence-electron chi connectivity index (χ0n) is 38.6. The van der Waals surface area contributed by atoms with Crippen LogP contribution in [0.4, 0.5) is 0 Å². The first kappa shape index (κ1) is 60.2. The Kier molecular flexibility index (Phi) is 43.1. The zero-order chi connectivity index (χ0) is 47.1. The van der Waals surface area contributed by atoms with Gasteiger partial charge in [-0.15, -0.1) is 0 Å². The number of carbonyl (C=O) groups excluding carboxylic acids is 5. The molecule has 19 nitrogen and oxygen atoms in total. The highest BCUT2D eigenvalue weighted by Gasteiger charge is 2.19. The molecule has 8 N–H and O–H groups in total. The number of aliphatic carboxylic acids is 2. The summed E-state index contributed by atoms with van der Waals surface area (Å²) < 4.78 is 21.7. The van der Waals surface area contributed by atoms with E-state index < -0.39 is 18.0 Å². The van der Waals surface area contributed by atoms with Crippen molar-refractivity contribution in [3.63, 3.8) is 0 Å². The molecule has 19 heteroatoms. The maximum Gasteiger partial charge on any atom is 0.326 e. The Bertz CT molecular complexity index is 1230. The van der Waals surface area contributed by atoms with Gasteiger partial charge < -0.3 is 55.3 Å². The van der Waals surface area contributed by atoms with Crippen LogP contribution >= 0.6 is 0 Å². The highest BCUT2D eigenvalue weighted by molar-refractivity contribution is 5.85. The van der Waals surface area contributed by atoms with Crippen molar-refractivity contribution >= 4 is 41.4 Å². The molecule has 372 valence electrons. The molecular formula is C45H83N5O14. The highest BCUT2D eigenvalue weighted by atomic mass is 16.6. The lowest BCUT2D eigenvalue weighted by molar-refractivity contribution is -0.142. The Morgan fingerprint density at radius 3 is 1.30 bits per heavy atom. The van der Waals surface area contributed by atoms with Crippen LogP contribution in [0.25, 0.3) is 0 Å². The van der Waals surface area contributed by atoms with Crippen molar-refractivity contribution in [2.24, 2.45) is 5.90 Å². The highest BCUT2D eigenvalue weighted by Crippen LogP contribution is 2.14. The number of nitrogens with two attached hydrogens (primary N) is 1. The number of carboxylic acid groups (broad SMARTS) is 2. The number of nitrogens with one attached hydrogen (secondary N) is 4. The summed E-state index contributed by atoms with van der Waals surface area (Å²) in [5, 5.41) is 29.1. The molecule has 0 saturated heterocycles. The van der Waals surface area contributed by atoms with Crippen molar-refractivity contribution in [2.45, 2.75) is 167 Å². The minimum atomic E-state index is -1.06. The number of ether oxygens (including phenoxy) is 4. The van der Waals surface area contributed by atoms with Gasteiger partial charge in [0.05, 0.1) is 59.5 Å². The number of ketones is 1. The van der Waals surface area contributed by atoms with E-state index in [4.69, 9.17) is 30.0 Å². The van der Waals surface area contributed by atoms with Crippen molar-refractivity contribution in [1.82, 2.24) is 21.3 Å². The van der Waals surface area contributed by atoms with E-state index in [1.807, 2.05) is 0 Å². The third kappa shape index (κ3) is 44.8. The van der Waals surface area contributed by atoms with Gasteiger partial charge in [-0.3, -0.25) is 28.8 Å². The number of rotatable bonds is 49. The van der Waals surface area contributed by atoms with Gasteiger partial charge in [0, 0.05) is 64.6 Å². The molecule has 0 bridgehead atoms. The maximum atomic E-state index is 12.3. The van der Waals surface area contributed by atoms with Crippen LogP contribution in [0.1, 0.15) is 161 Å². The Balaban J connectivity index is 3.59. The number of amides is 4. The van der Waals surface area contributed by atoms with Gasteiger partial charge in [0.2, 0.25) is 23.6 Å². The summed E-state index contributed by atoms with van der Waals surface area (Å²) in [4.78, 5) is 86.4. The van der Waals surface area contributed by atoms with E-state index in [1.54, 1.807) is 0 Å². The van der Waals surface area contributed by atoms with Crippen LogP contribution in [0.5, 0.6) is 0 Å². The lowest BCUT2D eigenvalue weighted by atomic mass is 10.0. The van der Waals surface area contributed by atoms with Gasteiger partial charge in [-0.05, 0) is 38.5 Å². The first-order chi connectivity index (χ1) is 31.0. The second-order valence-corrected chi connectivity index (χ2v) is 15.8. The molecular weight excluding hydrogens is 835 g/mol. The lowest BCUT2D eigenvalue weighted by Crippen LogP contribution is -2.40. The molecule has 0 rings (SSSR count). The molecule has 0 aromatic heterocycles. The van der Waals surface area contributed by atoms with Crippen LogP contribution in [0, 0.1) is 0 Å². The fourth-order valence-corrected chi connectivity index (χ4v) is 6.40. The molecule has 0 aliphatic rings. The molecule has 0 radical (unpaired) electrons. The molecule has 0 heterocycles. The molecule has 0 aliphatic carbocycles. The maximum absolute atomic E-state index is 12.3. The van der Waals surface area contributed by atoms with Gasteiger partial charge in [-0.25, -0.2) is 10.7 Å². The Hall–Kier alpha value is -3.75. The van der Waals surface area contributed by atoms with Crippen LogP contribution < -0.4 is 27.2 Å². The molecule has 0 spiro atoms. The second kappa shape index (κ2) is 45.8. The predicted octanol–water partition coefficient (Wildman–Crippen LogP) is 4.27. The molecule has 0 saturated carbocycles.